The lowest BCUT2D eigenvalue weighted by molar-refractivity contribution is -0.298. The molecule has 6 heteroatoms. The number of ether oxygens (including phenoxy) is 2. The van der Waals surface area contributed by atoms with Crippen molar-refractivity contribution in [3.63, 3.8) is 0 Å². The van der Waals surface area contributed by atoms with Crippen LogP contribution in [0.25, 0.3) is 0 Å². The average molecular weight is 389 g/mol. The van der Waals surface area contributed by atoms with E-state index >= 15 is 0 Å². The van der Waals surface area contributed by atoms with Crippen molar-refractivity contribution >= 4 is 0 Å². The Hall–Kier alpha value is -0.500. The fourth-order valence-electron chi connectivity index (χ4n) is 3.29. The molecule has 0 radical (unpaired) electrons. The fraction of sp³-hybridized carbons (Fsp3) is 0.905. The normalized spacial score (nSPS) is 28.9. The summed E-state index contributed by atoms with van der Waals surface area (Å²) in [5.74, 6) is 0. The highest BCUT2D eigenvalue weighted by molar-refractivity contribution is 4.89. The summed E-state index contributed by atoms with van der Waals surface area (Å²) >= 11 is 0. The molecule has 0 aromatic heterocycles. The topological polar surface area (TPSA) is 99.4 Å². The molecule has 1 aliphatic heterocycles. The van der Waals surface area contributed by atoms with Crippen LogP contribution in [0, 0.1) is 0 Å². The van der Waals surface area contributed by atoms with Crippen molar-refractivity contribution in [1.29, 1.82) is 0 Å². The van der Waals surface area contributed by atoms with Gasteiger partial charge in [0.05, 0.1) is 13.2 Å². The van der Waals surface area contributed by atoms with Crippen LogP contribution in [-0.4, -0.2) is 64.3 Å². The maximum atomic E-state index is 9.86. The van der Waals surface area contributed by atoms with Crippen LogP contribution in [0.1, 0.15) is 77.6 Å². The number of rotatable bonds is 15. The first-order valence-electron chi connectivity index (χ1n) is 10.7. The molecule has 27 heavy (non-hydrogen) atoms. The Morgan fingerprint density at radius 3 is 1.96 bits per heavy atom. The van der Waals surface area contributed by atoms with Crippen molar-refractivity contribution in [3.8, 4) is 0 Å². The molecule has 0 bridgehead atoms. The van der Waals surface area contributed by atoms with E-state index < -0.39 is 37.3 Å². The third kappa shape index (κ3) is 10.0. The molecule has 1 fully saturated rings. The van der Waals surface area contributed by atoms with Crippen LogP contribution in [0.3, 0.4) is 0 Å². The maximum absolute atomic E-state index is 9.86. The largest absolute Gasteiger partial charge is 0.394 e. The summed E-state index contributed by atoms with van der Waals surface area (Å²) in [5.41, 5.74) is 0. The van der Waals surface area contributed by atoms with Crippen molar-refractivity contribution in [3.05, 3.63) is 12.2 Å². The SMILES string of the molecule is CCCCCCCCCCCC/C=C/CO[C@@H]1O[C@H](CO)[C@H](O)[C@H](O)[C@H]1O. The predicted octanol–water partition coefficient (Wildman–Crippen LogP) is 2.67. The van der Waals surface area contributed by atoms with Gasteiger partial charge in [0.2, 0.25) is 0 Å². The smallest absolute Gasteiger partial charge is 0.187 e. The Labute approximate surface area is 164 Å². The Balaban J connectivity index is 2.00. The number of aliphatic hydroxyl groups excluding tert-OH is 4. The molecular weight excluding hydrogens is 348 g/mol. The molecule has 0 amide bonds. The van der Waals surface area contributed by atoms with E-state index in [1.807, 2.05) is 6.08 Å². The summed E-state index contributed by atoms with van der Waals surface area (Å²) < 4.78 is 10.7. The number of hydrogen-bond donors (Lipinski definition) is 4. The van der Waals surface area contributed by atoms with Gasteiger partial charge in [-0.15, -0.1) is 0 Å². The van der Waals surface area contributed by atoms with E-state index in [0.717, 1.165) is 12.8 Å². The lowest BCUT2D eigenvalue weighted by atomic mass is 9.99. The van der Waals surface area contributed by atoms with Crippen LogP contribution in [-0.2, 0) is 9.47 Å². The fourth-order valence-corrected chi connectivity index (χ4v) is 3.29. The van der Waals surface area contributed by atoms with Gasteiger partial charge in [0.25, 0.3) is 0 Å². The van der Waals surface area contributed by atoms with Crippen molar-refractivity contribution in [2.45, 2.75) is 108 Å². The first-order chi connectivity index (χ1) is 13.1. The summed E-state index contributed by atoms with van der Waals surface area (Å²) in [6.45, 7) is 2.05. The van der Waals surface area contributed by atoms with Crippen LogP contribution < -0.4 is 0 Å². The van der Waals surface area contributed by atoms with Crippen molar-refractivity contribution in [1.82, 2.24) is 0 Å². The van der Waals surface area contributed by atoms with Gasteiger partial charge in [-0.05, 0) is 12.8 Å². The lowest BCUT2D eigenvalue weighted by Crippen LogP contribution is -2.59. The molecule has 1 aliphatic rings. The molecule has 4 N–H and O–H groups in total. The summed E-state index contributed by atoms with van der Waals surface area (Å²) in [6.07, 6.45) is 12.0. The van der Waals surface area contributed by atoms with E-state index in [4.69, 9.17) is 14.6 Å². The third-order valence-electron chi connectivity index (χ3n) is 5.10. The van der Waals surface area contributed by atoms with Crippen LogP contribution in [0.15, 0.2) is 12.2 Å². The minimum Gasteiger partial charge on any atom is -0.394 e. The molecule has 0 aliphatic carbocycles. The molecule has 160 valence electrons. The van der Waals surface area contributed by atoms with Gasteiger partial charge in [0.1, 0.15) is 24.4 Å². The molecule has 1 rings (SSSR count). The zero-order valence-corrected chi connectivity index (χ0v) is 16.8. The lowest BCUT2D eigenvalue weighted by Gasteiger charge is -2.39. The summed E-state index contributed by atoms with van der Waals surface area (Å²) in [5, 5.41) is 38.4. The Bertz CT molecular complexity index is 374. The highest BCUT2D eigenvalue weighted by Crippen LogP contribution is 2.21. The molecule has 0 saturated carbocycles. The van der Waals surface area contributed by atoms with Gasteiger partial charge in [-0.3, -0.25) is 0 Å². The number of aliphatic hydroxyl groups is 4. The minimum absolute atomic E-state index is 0.250. The second kappa shape index (κ2) is 15.4. The third-order valence-corrected chi connectivity index (χ3v) is 5.10. The predicted molar refractivity (Wildman–Crippen MR) is 105 cm³/mol. The van der Waals surface area contributed by atoms with E-state index in [-0.39, 0.29) is 6.61 Å². The first kappa shape index (κ1) is 24.5. The molecule has 5 atom stereocenters. The second-order valence-electron chi connectivity index (χ2n) is 7.47. The minimum atomic E-state index is -1.39. The van der Waals surface area contributed by atoms with E-state index in [1.165, 1.54) is 57.8 Å². The van der Waals surface area contributed by atoms with Crippen LogP contribution in [0.4, 0.5) is 0 Å². The van der Waals surface area contributed by atoms with Gasteiger partial charge < -0.3 is 29.9 Å². The van der Waals surface area contributed by atoms with Crippen molar-refractivity contribution < 1.29 is 29.9 Å². The molecule has 1 saturated heterocycles. The number of unbranched alkanes of at least 4 members (excludes halogenated alkanes) is 10. The highest BCUT2D eigenvalue weighted by Gasteiger charge is 2.43. The van der Waals surface area contributed by atoms with Crippen molar-refractivity contribution in [2.24, 2.45) is 0 Å². The standard InChI is InChI=1S/C21H40O6/c1-2-3-4-5-6-7-8-9-10-11-12-13-14-15-26-21-20(25)19(24)18(23)17(16-22)27-21/h13-14,17-25H,2-12,15-16H2,1H3/b14-13+/t17-,18+,19+,20-,21-/m1/s1. The molecule has 6 nitrogen and oxygen atoms in total. The van der Waals surface area contributed by atoms with E-state index in [0.29, 0.717) is 0 Å². The number of allylic oxidation sites excluding steroid dienone is 1. The molecule has 0 aromatic carbocycles. The molecule has 0 aromatic rings. The van der Waals surface area contributed by atoms with E-state index in [2.05, 4.69) is 13.0 Å². The first-order valence-corrected chi connectivity index (χ1v) is 10.7. The number of hydrogen-bond acceptors (Lipinski definition) is 6. The molecule has 0 spiro atoms. The second-order valence-corrected chi connectivity index (χ2v) is 7.47. The Morgan fingerprint density at radius 1 is 0.778 bits per heavy atom. The maximum Gasteiger partial charge on any atom is 0.187 e. The van der Waals surface area contributed by atoms with Crippen molar-refractivity contribution in [2.75, 3.05) is 13.2 Å². The van der Waals surface area contributed by atoms with Gasteiger partial charge in [-0.1, -0.05) is 76.9 Å². The van der Waals surface area contributed by atoms with Crippen LogP contribution in [0.2, 0.25) is 0 Å². The Morgan fingerprint density at radius 2 is 1.37 bits per heavy atom. The molecule has 0 unspecified atom stereocenters. The van der Waals surface area contributed by atoms with E-state index in [1.54, 1.807) is 0 Å². The summed E-state index contributed by atoms with van der Waals surface area (Å²) in [6, 6.07) is 0. The van der Waals surface area contributed by atoms with Crippen LogP contribution in [0.5, 0.6) is 0 Å². The van der Waals surface area contributed by atoms with E-state index in [9.17, 15) is 15.3 Å². The van der Waals surface area contributed by atoms with Gasteiger partial charge >= 0.3 is 0 Å². The summed E-state index contributed by atoms with van der Waals surface area (Å²) in [4.78, 5) is 0. The zero-order chi connectivity index (χ0) is 19.9. The molecular formula is C21H40O6. The molecule has 1 heterocycles. The van der Waals surface area contributed by atoms with Gasteiger partial charge in [0, 0.05) is 0 Å². The highest BCUT2D eigenvalue weighted by atomic mass is 16.7. The van der Waals surface area contributed by atoms with Gasteiger partial charge in [-0.2, -0.15) is 0 Å². The van der Waals surface area contributed by atoms with Gasteiger partial charge in [0.15, 0.2) is 6.29 Å². The van der Waals surface area contributed by atoms with Gasteiger partial charge in [-0.25, -0.2) is 0 Å². The summed E-state index contributed by atoms with van der Waals surface area (Å²) in [7, 11) is 0. The average Bonchev–Trinajstić information content (AvgIpc) is 2.68. The van der Waals surface area contributed by atoms with Crippen LogP contribution >= 0.6 is 0 Å². The Kier molecular flexibility index (Phi) is 14.0. The monoisotopic (exact) mass is 388 g/mol. The zero-order valence-electron chi connectivity index (χ0n) is 16.8. The quantitative estimate of drug-likeness (QED) is 0.254.